The molecule has 1 aliphatic heterocycles. The van der Waals surface area contributed by atoms with Gasteiger partial charge in [0.05, 0.1) is 19.1 Å². The highest BCUT2D eigenvalue weighted by Gasteiger charge is 2.54. The van der Waals surface area contributed by atoms with Gasteiger partial charge in [-0.1, -0.05) is 24.6 Å². The molecule has 0 bridgehead atoms. The summed E-state index contributed by atoms with van der Waals surface area (Å²) in [6.07, 6.45) is 2.66. The van der Waals surface area contributed by atoms with Gasteiger partial charge >= 0.3 is 5.97 Å². The van der Waals surface area contributed by atoms with E-state index in [2.05, 4.69) is 6.07 Å². The smallest absolute Gasteiger partial charge is 0.311 e. The predicted octanol–water partition coefficient (Wildman–Crippen LogP) is 3.42. The lowest BCUT2D eigenvalue weighted by molar-refractivity contribution is -0.149. The molecule has 2 fully saturated rings. The van der Waals surface area contributed by atoms with Crippen LogP contribution < -0.4 is 4.74 Å². The summed E-state index contributed by atoms with van der Waals surface area (Å²) in [5, 5.41) is 11.9. The van der Waals surface area contributed by atoms with Crippen molar-refractivity contribution in [2.75, 3.05) is 33.8 Å². The fourth-order valence-corrected chi connectivity index (χ4v) is 5.04. The molecule has 1 saturated heterocycles. The number of hydrogen-bond acceptors (Lipinski definition) is 4. The molecule has 1 heterocycles. The highest BCUT2D eigenvalue weighted by atomic mass is 35.5. The van der Waals surface area contributed by atoms with Crippen LogP contribution in [0.15, 0.2) is 36.4 Å². The lowest BCUT2D eigenvalue weighted by Gasteiger charge is -2.24. The molecule has 2 aliphatic rings. The molecule has 1 saturated carbocycles. The Kier molecular flexibility index (Phi) is 6.58. The number of fused-ring (bicyclic) bond motifs is 2. The highest BCUT2D eigenvalue weighted by Crippen LogP contribution is 2.48. The van der Waals surface area contributed by atoms with Gasteiger partial charge in [-0.05, 0) is 53.3 Å². The molecule has 2 aromatic carbocycles. The number of rotatable bonds is 6. The number of halogens is 1. The van der Waals surface area contributed by atoms with Crippen molar-refractivity contribution >= 4 is 35.1 Å². The Balaban J connectivity index is 0.00000256. The Bertz CT molecular complexity index is 950. The number of carbonyl (C=O) groups excluding carboxylic acids is 1. The number of benzene rings is 2. The largest absolute Gasteiger partial charge is 0.497 e. The van der Waals surface area contributed by atoms with Crippen LogP contribution in [-0.2, 0) is 16.1 Å². The summed E-state index contributed by atoms with van der Waals surface area (Å²) in [7, 11) is 3.46. The Labute approximate surface area is 183 Å². The first-order valence-corrected chi connectivity index (χ1v) is 10.2. The van der Waals surface area contributed by atoms with Gasteiger partial charge in [-0.3, -0.25) is 14.5 Å². The van der Waals surface area contributed by atoms with Crippen molar-refractivity contribution in [3.63, 3.8) is 0 Å². The van der Waals surface area contributed by atoms with E-state index in [0.29, 0.717) is 19.6 Å². The van der Waals surface area contributed by atoms with Crippen molar-refractivity contribution in [1.29, 1.82) is 0 Å². The van der Waals surface area contributed by atoms with Crippen LogP contribution >= 0.6 is 12.4 Å². The number of methoxy groups -OCH3 is 1. The maximum atomic E-state index is 12.8. The first-order valence-electron chi connectivity index (χ1n) is 10.2. The molecule has 162 valence electrons. The first-order chi connectivity index (χ1) is 13.9. The molecule has 0 aromatic heterocycles. The predicted molar refractivity (Wildman–Crippen MR) is 118 cm³/mol. The van der Waals surface area contributed by atoms with Crippen molar-refractivity contribution in [2.45, 2.75) is 25.8 Å². The SMILES string of the molecule is COc1ccc2cc(CN(C)C(=O)CN3C[C@@H]4CCC[C@@]4(C(=O)O)C3)ccc2c1.Cl. The number of ether oxygens (including phenoxy) is 1. The van der Waals surface area contributed by atoms with Gasteiger partial charge in [-0.25, -0.2) is 0 Å². The van der Waals surface area contributed by atoms with E-state index >= 15 is 0 Å². The summed E-state index contributed by atoms with van der Waals surface area (Å²) in [6.45, 7) is 2.02. The molecular weight excluding hydrogens is 404 g/mol. The molecule has 1 aliphatic carbocycles. The molecule has 2 atom stereocenters. The second kappa shape index (κ2) is 8.82. The van der Waals surface area contributed by atoms with Crippen molar-refractivity contribution in [3.05, 3.63) is 42.0 Å². The van der Waals surface area contributed by atoms with Crippen molar-refractivity contribution < 1.29 is 19.4 Å². The number of carboxylic acids is 1. The maximum absolute atomic E-state index is 12.8. The molecule has 6 nitrogen and oxygen atoms in total. The third-order valence-electron chi connectivity index (χ3n) is 6.68. The van der Waals surface area contributed by atoms with E-state index in [-0.39, 0.29) is 30.8 Å². The number of carbonyl (C=O) groups is 2. The van der Waals surface area contributed by atoms with Gasteiger partial charge in [0.2, 0.25) is 5.91 Å². The zero-order chi connectivity index (χ0) is 20.6. The average molecular weight is 433 g/mol. The molecule has 1 N–H and O–H groups in total. The quantitative estimate of drug-likeness (QED) is 0.757. The third kappa shape index (κ3) is 4.12. The van der Waals surface area contributed by atoms with Crippen LogP contribution in [0.25, 0.3) is 10.8 Å². The highest BCUT2D eigenvalue weighted by molar-refractivity contribution is 5.85. The molecule has 4 rings (SSSR count). The summed E-state index contributed by atoms with van der Waals surface area (Å²) >= 11 is 0. The topological polar surface area (TPSA) is 70.1 Å². The van der Waals surface area contributed by atoms with Gasteiger partial charge in [0.1, 0.15) is 5.75 Å². The van der Waals surface area contributed by atoms with Crippen LogP contribution in [0.4, 0.5) is 0 Å². The van der Waals surface area contributed by atoms with Crippen LogP contribution in [0.5, 0.6) is 5.75 Å². The van der Waals surface area contributed by atoms with E-state index in [1.165, 1.54) is 0 Å². The van der Waals surface area contributed by atoms with Crippen molar-refractivity contribution in [2.24, 2.45) is 11.3 Å². The number of likely N-dealkylation sites (N-methyl/N-ethyl adjacent to an activating group) is 1. The van der Waals surface area contributed by atoms with E-state index < -0.39 is 11.4 Å². The van der Waals surface area contributed by atoms with Crippen LogP contribution in [0, 0.1) is 11.3 Å². The summed E-state index contributed by atoms with van der Waals surface area (Å²) in [6, 6.07) is 12.1. The normalized spacial score (nSPS) is 23.1. The summed E-state index contributed by atoms with van der Waals surface area (Å²) in [5.41, 5.74) is 0.428. The first kappa shape index (κ1) is 22.4. The summed E-state index contributed by atoms with van der Waals surface area (Å²) in [5.74, 6) is 0.332. The second-order valence-corrected chi connectivity index (χ2v) is 8.52. The van der Waals surface area contributed by atoms with E-state index in [0.717, 1.165) is 41.3 Å². The van der Waals surface area contributed by atoms with Crippen molar-refractivity contribution in [1.82, 2.24) is 9.80 Å². The van der Waals surface area contributed by atoms with Gasteiger partial charge < -0.3 is 14.7 Å². The Morgan fingerprint density at radius 3 is 2.67 bits per heavy atom. The van der Waals surface area contributed by atoms with Crippen LogP contribution in [-0.4, -0.2) is 60.6 Å². The Hall–Kier alpha value is -2.31. The number of carboxylic acid groups (broad SMARTS) is 1. The maximum Gasteiger partial charge on any atom is 0.311 e. The molecular formula is C23H29ClN2O4. The minimum Gasteiger partial charge on any atom is -0.497 e. The van der Waals surface area contributed by atoms with E-state index in [1.54, 1.807) is 12.0 Å². The Morgan fingerprint density at radius 1 is 1.23 bits per heavy atom. The minimum atomic E-state index is -0.698. The zero-order valence-corrected chi connectivity index (χ0v) is 18.3. The third-order valence-corrected chi connectivity index (χ3v) is 6.68. The molecule has 0 spiro atoms. The monoisotopic (exact) mass is 432 g/mol. The number of hydrogen-bond donors (Lipinski definition) is 1. The summed E-state index contributed by atoms with van der Waals surface area (Å²) < 4.78 is 5.27. The lowest BCUT2D eigenvalue weighted by atomic mass is 9.81. The van der Waals surface area contributed by atoms with Gasteiger partial charge in [0, 0.05) is 26.7 Å². The number of aliphatic carboxylic acids is 1. The minimum absolute atomic E-state index is 0. The molecule has 1 amide bonds. The standard InChI is InChI=1S/C23H28N2O4.ClH/c1-24(12-16-5-6-18-11-20(29-2)8-7-17(18)10-16)21(26)14-25-13-19-4-3-9-23(19,15-25)22(27)28;/h5-8,10-11,19H,3-4,9,12-15H2,1-2H3,(H,27,28);1H/t19-,23+;/m0./s1. The molecule has 0 radical (unpaired) electrons. The van der Waals surface area contributed by atoms with E-state index in [4.69, 9.17) is 4.74 Å². The van der Waals surface area contributed by atoms with Gasteiger partial charge in [0.15, 0.2) is 0 Å². The van der Waals surface area contributed by atoms with E-state index in [1.807, 2.05) is 42.3 Å². The van der Waals surface area contributed by atoms with Gasteiger partial charge in [-0.2, -0.15) is 0 Å². The fraction of sp³-hybridized carbons (Fsp3) is 0.478. The second-order valence-electron chi connectivity index (χ2n) is 8.52. The lowest BCUT2D eigenvalue weighted by Crippen LogP contribution is -2.40. The number of likely N-dealkylation sites (tertiary alicyclic amines) is 1. The average Bonchev–Trinajstić information content (AvgIpc) is 3.25. The van der Waals surface area contributed by atoms with E-state index in [9.17, 15) is 14.7 Å². The Morgan fingerprint density at radius 2 is 1.97 bits per heavy atom. The molecule has 0 unspecified atom stereocenters. The van der Waals surface area contributed by atoms with Gasteiger partial charge in [0.25, 0.3) is 0 Å². The molecule has 2 aromatic rings. The summed E-state index contributed by atoms with van der Waals surface area (Å²) in [4.78, 5) is 28.4. The van der Waals surface area contributed by atoms with Crippen LogP contribution in [0.2, 0.25) is 0 Å². The van der Waals surface area contributed by atoms with Crippen LogP contribution in [0.3, 0.4) is 0 Å². The number of nitrogens with zero attached hydrogens (tertiary/aromatic N) is 2. The zero-order valence-electron chi connectivity index (χ0n) is 17.5. The van der Waals surface area contributed by atoms with Crippen molar-refractivity contribution in [3.8, 4) is 5.75 Å². The number of amides is 1. The van der Waals surface area contributed by atoms with Gasteiger partial charge in [-0.15, -0.1) is 12.4 Å². The fourth-order valence-electron chi connectivity index (χ4n) is 5.04. The van der Waals surface area contributed by atoms with Crippen LogP contribution in [0.1, 0.15) is 24.8 Å². The molecule has 30 heavy (non-hydrogen) atoms. The molecule has 7 heteroatoms.